The smallest absolute Gasteiger partial charge is 0.180 e. The summed E-state index contributed by atoms with van der Waals surface area (Å²) in [5.74, 6) is 0.482. The van der Waals surface area contributed by atoms with Gasteiger partial charge in [0.2, 0.25) is 0 Å². The predicted molar refractivity (Wildman–Crippen MR) is 71.4 cm³/mol. The maximum absolute atomic E-state index is 8.41. The number of rotatable bonds is 3. The fraction of sp³-hybridized carbons (Fsp3) is 0. The van der Waals surface area contributed by atoms with Crippen LogP contribution in [0.15, 0.2) is 54.4 Å². The van der Waals surface area contributed by atoms with Crippen LogP contribution >= 0.6 is 39.3 Å². The van der Waals surface area contributed by atoms with Crippen LogP contribution in [-0.2, 0) is 0 Å². The third-order valence-corrected chi connectivity index (χ3v) is 3.98. The molecular weight excluding hydrogens is 326 g/mol. The minimum Gasteiger partial charge on any atom is -0.447 e. The van der Waals surface area contributed by atoms with Gasteiger partial charge in [-0.05, 0) is 40.2 Å². The van der Waals surface area contributed by atoms with Gasteiger partial charge in [0.25, 0.3) is 0 Å². The molecule has 0 radical (unpaired) electrons. The Morgan fingerprint density at radius 2 is 2.06 bits per heavy atom. The second kappa shape index (κ2) is 5.62. The second-order valence-corrected chi connectivity index (χ2v) is 5.42. The predicted octanol–water partition coefficient (Wildman–Crippen LogP) is 4.65. The van der Waals surface area contributed by atoms with Gasteiger partial charge in [-0.25, -0.2) is 0 Å². The van der Waals surface area contributed by atoms with Crippen LogP contribution in [0.4, 0.5) is 0 Å². The maximum atomic E-state index is 8.41. The normalized spacial score (nSPS) is 11.2. The number of benzene rings is 1. The molecule has 1 heterocycles. The van der Waals surface area contributed by atoms with Gasteiger partial charge < -0.3 is 9.62 Å². The Kier molecular flexibility index (Phi) is 4.15. The van der Waals surface area contributed by atoms with Crippen molar-refractivity contribution in [3.05, 3.63) is 45.6 Å². The van der Waals surface area contributed by atoms with Crippen molar-refractivity contribution in [1.82, 2.24) is 0 Å². The Balaban J connectivity index is 2.20. The van der Waals surface area contributed by atoms with Crippen LogP contribution in [0.25, 0.3) is 0 Å². The van der Waals surface area contributed by atoms with E-state index < -0.39 is 0 Å². The van der Waals surface area contributed by atoms with Gasteiger partial charge in [0, 0.05) is 16.0 Å². The Morgan fingerprint density at radius 3 is 2.71 bits per heavy atom. The Bertz CT molecular complexity index is 539. The summed E-state index contributed by atoms with van der Waals surface area (Å²) in [4.78, 5) is 1.01. The summed E-state index contributed by atoms with van der Waals surface area (Å²) in [6.45, 7) is 0. The van der Waals surface area contributed by atoms with E-state index in [-0.39, 0.29) is 0 Å². The summed E-state index contributed by atoms with van der Waals surface area (Å²) < 4.78 is 6.28. The quantitative estimate of drug-likeness (QED) is 0.505. The third kappa shape index (κ3) is 3.28. The lowest BCUT2D eigenvalue weighted by atomic mass is 10.4. The number of oxime groups is 1. The summed E-state index contributed by atoms with van der Waals surface area (Å²) >= 11 is 10.6. The molecule has 0 spiro atoms. The summed E-state index contributed by atoms with van der Waals surface area (Å²) in [6, 6.07) is 9.18. The van der Waals surface area contributed by atoms with E-state index in [1.165, 1.54) is 18.0 Å². The van der Waals surface area contributed by atoms with Crippen LogP contribution in [0.5, 0.6) is 0 Å². The number of halogens is 2. The van der Waals surface area contributed by atoms with E-state index in [2.05, 4.69) is 21.1 Å². The van der Waals surface area contributed by atoms with E-state index in [1.807, 2.05) is 24.3 Å². The first-order valence-electron chi connectivity index (χ1n) is 4.59. The zero-order valence-corrected chi connectivity index (χ0v) is 11.6. The molecule has 1 aromatic heterocycles. The standard InChI is InChI=1S/C11H7BrClNO2S/c12-10-5-8(6-14-15)16-11(10)17-9-3-1-7(13)2-4-9/h1-6,15H/b14-6+. The molecule has 6 heteroatoms. The van der Waals surface area contributed by atoms with Crippen molar-refractivity contribution in [2.75, 3.05) is 0 Å². The largest absolute Gasteiger partial charge is 0.447 e. The Hall–Kier alpha value is -0.910. The summed E-state index contributed by atoms with van der Waals surface area (Å²) in [6.07, 6.45) is 1.23. The average Bonchev–Trinajstić information content (AvgIpc) is 2.63. The van der Waals surface area contributed by atoms with Gasteiger partial charge in [-0.3, -0.25) is 0 Å². The molecule has 0 bridgehead atoms. The lowest BCUT2D eigenvalue weighted by Gasteiger charge is -1.98. The summed E-state index contributed by atoms with van der Waals surface area (Å²) in [5.41, 5.74) is 0. The molecule has 0 unspecified atom stereocenters. The van der Waals surface area contributed by atoms with Crippen LogP contribution in [0.1, 0.15) is 5.76 Å². The van der Waals surface area contributed by atoms with Crippen molar-refractivity contribution >= 4 is 45.5 Å². The van der Waals surface area contributed by atoms with Crippen LogP contribution in [0, 0.1) is 0 Å². The monoisotopic (exact) mass is 331 g/mol. The fourth-order valence-corrected chi connectivity index (χ4v) is 2.62. The minimum absolute atomic E-state index is 0.482. The molecule has 2 rings (SSSR count). The first-order chi connectivity index (χ1) is 8.19. The number of nitrogens with zero attached hydrogens (tertiary/aromatic N) is 1. The molecule has 3 nitrogen and oxygen atoms in total. The van der Waals surface area contributed by atoms with E-state index in [1.54, 1.807) is 6.07 Å². The van der Waals surface area contributed by atoms with Crippen LogP contribution in [0.2, 0.25) is 5.02 Å². The molecule has 88 valence electrons. The molecule has 1 N–H and O–H groups in total. The number of hydrogen-bond donors (Lipinski definition) is 1. The number of furan rings is 1. The lowest BCUT2D eigenvalue weighted by Crippen LogP contribution is -1.72. The van der Waals surface area contributed by atoms with Crippen molar-refractivity contribution in [3.8, 4) is 0 Å². The van der Waals surface area contributed by atoms with Crippen LogP contribution < -0.4 is 0 Å². The lowest BCUT2D eigenvalue weighted by molar-refractivity contribution is 0.320. The van der Waals surface area contributed by atoms with E-state index >= 15 is 0 Å². The van der Waals surface area contributed by atoms with Gasteiger partial charge in [-0.15, -0.1) is 0 Å². The van der Waals surface area contributed by atoms with E-state index in [9.17, 15) is 0 Å². The molecule has 2 aromatic rings. The molecule has 0 aliphatic carbocycles. The highest BCUT2D eigenvalue weighted by atomic mass is 79.9. The SMILES string of the molecule is O/N=C/c1cc(Br)c(Sc2ccc(Cl)cc2)o1. The van der Waals surface area contributed by atoms with Gasteiger partial charge in [0.15, 0.2) is 10.9 Å². The zero-order chi connectivity index (χ0) is 12.3. The molecule has 0 saturated carbocycles. The van der Waals surface area contributed by atoms with Gasteiger partial charge in [-0.2, -0.15) is 0 Å². The van der Waals surface area contributed by atoms with Crippen molar-refractivity contribution < 1.29 is 9.62 Å². The highest BCUT2D eigenvalue weighted by Crippen LogP contribution is 2.35. The van der Waals surface area contributed by atoms with Gasteiger partial charge >= 0.3 is 0 Å². The first kappa shape index (κ1) is 12.5. The van der Waals surface area contributed by atoms with E-state index in [0.29, 0.717) is 15.9 Å². The Labute approximate surface area is 116 Å². The second-order valence-electron chi connectivity index (χ2n) is 3.08. The molecule has 0 saturated heterocycles. The van der Waals surface area contributed by atoms with Gasteiger partial charge in [-0.1, -0.05) is 28.5 Å². The molecular formula is C11H7BrClNO2S. The molecule has 0 fully saturated rings. The molecule has 17 heavy (non-hydrogen) atoms. The molecule has 0 amide bonds. The van der Waals surface area contributed by atoms with Gasteiger partial charge in [0.1, 0.15) is 6.21 Å². The third-order valence-electron chi connectivity index (χ3n) is 1.88. The fourth-order valence-electron chi connectivity index (χ4n) is 1.17. The van der Waals surface area contributed by atoms with Crippen molar-refractivity contribution in [1.29, 1.82) is 0 Å². The maximum Gasteiger partial charge on any atom is 0.180 e. The summed E-state index contributed by atoms with van der Waals surface area (Å²) in [5, 5.41) is 12.7. The zero-order valence-electron chi connectivity index (χ0n) is 8.43. The van der Waals surface area contributed by atoms with Crippen molar-refractivity contribution in [3.63, 3.8) is 0 Å². The van der Waals surface area contributed by atoms with Crippen LogP contribution in [-0.4, -0.2) is 11.4 Å². The number of hydrogen-bond acceptors (Lipinski definition) is 4. The van der Waals surface area contributed by atoms with E-state index in [4.69, 9.17) is 21.2 Å². The highest BCUT2D eigenvalue weighted by molar-refractivity contribution is 9.10. The average molecular weight is 333 g/mol. The molecule has 0 aliphatic heterocycles. The van der Waals surface area contributed by atoms with Crippen molar-refractivity contribution in [2.24, 2.45) is 5.16 Å². The molecule has 1 aromatic carbocycles. The molecule has 0 atom stereocenters. The highest BCUT2D eigenvalue weighted by Gasteiger charge is 2.09. The minimum atomic E-state index is 0.482. The van der Waals surface area contributed by atoms with Gasteiger partial charge in [0.05, 0.1) is 4.47 Å². The van der Waals surface area contributed by atoms with E-state index in [0.717, 1.165) is 9.37 Å². The van der Waals surface area contributed by atoms with Crippen molar-refractivity contribution in [2.45, 2.75) is 9.99 Å². The topological polar surface area (TPSA) is 45.7 Å². The molecule has 0 aliphatic rings. The Morgan fingerprint density at radius 1 is 1.35 bits per heavy atom. The first-order valence-corrected chi connectivity index (χ1v) is 6.58. The van der Waals surface area contributed by atoms with Crippen LogP contribution in [0.3, 0.4) is 0 Å². The summed E-state index contributed by atoms with van der Waals surface area (Å²) in [7, 11) is 0.